The monoisotopic (exact) mass is 644 g/mol. The summed E-state index contributed by atoms with van der Waals surface area (Å²) in [6.45, 7) is 11.0. The highest BCUT2D eigenvalue weighted by atomic mass is 32.2. The van der Waals surface area contributed by atoms with Crippen LogP contribution in [0, 0.1) is 0 Å². The maximum atomic E-state index is 13.4. The highest BCUT2D eigenvalue weighted by Crippen LogP contribution is 2.25. The summed E-state index contributed by atoms with van der Waals surface area (Å²) in [5, 5.41) is 13.8. The molecule has 1 fully saturated rings. The first-order valence-corrected chi connectivity index (χ1v) is 14.9. The van der Waals surface area contributed by atoms with Crippen LogP contribution in [0.1, 0.15) is 54.2 Å². The van der Waals surface area contributed by atoms with Gasteiger partial charge in [0, 0.05) is 5.38 Å². The van der Waals surface area contributed by atoms with Crippen LogP contribution in [-0.4, -0.2) is 96.0 Å². The normalized spacial score (nSPS) is 18.4. The Morgan fingerprint density at radius 2 is 1.81 bits per heavy atom. The summed E-state index contributed by atoms with van der Waals surface area (Å²) in [5.41, 5.74) is -2.29. The Morgan fingerprint density at radius 3 is 2.37 bits per heavy atom. The molecule has 43 heavy (non-hydrogen) atoms. The van der Waals surface area contributed by atoms with E-state index in [9.17, 15) is 32.1 Å². The number of hydrogen-bond donors (Lipinski definition) is 3. The number of β-lactam (4-membered cyclic amide) rings is 1. The van der Waals surface area contributed by atoms with Gasteiger partial charge in [0.1, 0.15) is 35.6 Å². The number of carbonyl (C=O) groups is 4. The number of rotatable bonds is 10. The van der Waals surface area contributed by atoms with Crippen molar-refractivity contribution >= 4 is 56.4 Å². The molecule has 1 aliphatic heterocycles. The fourth-order valence-corrected chi connectivity index (χ4v) is 5.02. The van der Waals surface area contributed by atoms with Gasteiger partial charge in [0.2, 0.25) is 6.10 Å². The number of aromatic nitrogens is 4. The molecule has 1 saturated heterocycles. The van der Waals surface area contributed by atoms with Crippen molar-refractivity contribution in [2.45, 2.75) is 84.4 Å². The lowest BCUT2D eigenvalue weighted by Crippen LogP contribution is -2.73. The molecule has 0 bridgehead atoms. The fraction of sp³-hybridized carbons (Fsp3) is 0.565. The molecule has 3 rings (SSSR count). The summed E-state index contributed by atoms with van der Waals surface area (Å²) in [6.07, 6.45) is 0.329. The van der Waals surface area contributed by atoms with Crippen molar-refractivity contribution in [3.05, 3.63) is 23.7 Å². The summed E-state index contributed by atoms with van der Waals surface area (Å²) >= 11 is 0.907. The number of hydrogen-bond acceptors (Lipinski definition) is 14. The molecule has 0 aromatic carbocycles. The minimum absolute atomic E-state index is 0.0197. The predicted molar refractivity (Wildman–Crippen MR) is 149 cm³/mol. The number of anilines is 1. The average molecular weight is 645 g/mol. The van der Waals surface area contributed by atoms with Gasteiger partial charge in [-0.2, -0.15) is 13.5 Å². The van der Waals surface area contributed by atoms with E-state index < -0.39 is 69.3 Å². The van der Waals surface area contributed by atoms with Gasteiger partial charge in [0.25, 0.3) is 11.8 Å². The zero-order valence-electron chi connectivity index (χ0n) is 24.3. The van der Waals surface area contributed by atoms with E-state index in [4.69, 9.17) is 14.3 Å². The summed E-state index contributed by atoms with van der Waals surface area (Å²) in [7, 11) is -4.97. The van der Waals surface area contributed by atoms with Crippen LogP contribution < -0.4 is 10.6 Å². The molecule has 0 saturated carbocycles. The minimum atomic E-state index is -4.97. The predicted octanol–water partition coefficient (Wildman–Crippen LogP) is 0.731. The standard InChI is InChI=1S/C23H32N8O10S2/c1-12(19(34)39-22(2,3)4)41-29-15(13-9-42-20(26-13)28-21(35)40-23(5,6)7)17(32)27-16-14(8-30-11-24-10-25-30)31(18(16)33)43(36,37)38/h9-12,14,16H,8H2,1-7H3,(H,27,32)(H,26,28,35)(H,36,37,38)/t12-,14+,16-/m0/s1. The summed E-state index contributed by atoms with van der Waals surface area (Å²) in [4.78, 5) is 63.8. The SMILES string of the molecule is C[C@H](ON=C(C(=O)N[C@@H]1C(=O)N(S(=O)(=O)O)[C@@H]1Cn1cncn1)c1csc(NC(=O)OC(C)(C)C)n1)C(=O)OC(C)(C)C. The molecular formula is C23H32N8O10S2. The van der Waals surface area contributed by atoms with E-state index in [-0.39, 0.29) is 21.7 Å². The van der Waals surface area contributed by atoms with Gasteiger partial charge in [-0.15, -0.1) is 11.3 Å². The van der Waals surface area contributed by atoms with E-state index in [0.717, 1.165) is 11.3 Å². The molecule has 2 aromatic heterocycles. The lowest BCUT2D eigenvalue weighted by atomic mass is 9.98. The first kappa shape index (κ1) is 33.3. The smallest absolute Gasteiger partial charge is 0.413 e. The summed E-state index contributed by atoms with van der Waals surface area (Å²) in [6, 6.07) is -2.74. The Bertz CT molecular complexity index is 1490. The first-order valence-electron chi connectivity index (χ1n) is 12.6. The molecule has 236 valence electrons. The molecule has 0 spiro atoms. The molecule has 0 unspecified atom stereocenters. The number of oxime groups is 1. The van der Waals surface area contributed by atoms with Crippen molar-refractivity contribution in [2.24, 2.45) is 5.16 Å². The van der Waals surface area contributed by atoms with Crippen molar-refractivity contribution in [3.8, 4) is 0 Å². The third-order valence-electron chi connectivity index (χ3n) is 5.16. The Balaban J connectivity index is 1.88. The molecule has 2 aromatic rings. The highest BCUT2D eigenvalue weighted by Gasteiger charge is 2.54. The van der Waals surface area contributed by atoms with Gasteiger partial charge in [-0.1, -0.05) is 5.16 Å². The van der Waals surface area contributed by atoms with Crippen molar-refractivity contribution < 1.29 is 46.5 Å². The molecule has 3 amide bonds. The third-order valence-corrected chi connectivity index (χ3v) is 6.86. The van der Waals surface area contributed by atoms with Gasteiger partial charge >= 0.3 is 22.4 Å². The zero-order valence-corrected chi connectivity index (χ0v) is 25.9. The van der Waals surface area contributed by atoms with E-state index in [1.54, 1.807) is 41.5 Å². The second-order valence-electron chi connectivity index (χ2n) is 11.1. The van der Waals surface area contributed by atoms with E-state index in [1.165, 1.54) is 29.6 Å². The molecule has 3 heterocycles. The van der Waals surface area contributed by atoms with Crippen molar-refractivity contribution in [1.29, 1.82) is 0 Å². The molecule has 0 aliphatic carbocycles. The van der Waals surface area contributed by atoms with Gasteiger partial charge < -0.3 is 19.6 Å². The molecule has 20 heteroatoms. The van der Waals surface area contributed by atoms with E-state index >= 15 is 0 Å². The number of ether oxygens (including phenoxy) is 2. The first-order chi connectivity index (χ1) is 19.7. The van der Waals surface area contributed by atoms with Crippen LogP contribution in [0.5, 0.6) is 0 Å². The number of carbonyl (C=O) groups excluding carboxylic acids is 4. The van der Waals surface area contributed by atoms with Crippen LogP contribution in [-0.2, 0) is 45.5 Å². The van der Waals surface area contributed by atoms with E-state index in [0.29, 0.717) is 0 Å². The molecule has 1 aliphatic rings. The summed E-state index contributed by atoms with van der Waals surface area (Å²) in [5.74, 6) is -2.97. The molecule has 3 atom stereocenters. The Labute approximate surface area is 250 Å². The van der Waals surface area contributed by atoms with E-state index in [2.05, 4.69) is 30.9 Å². The quantitative estimate of drug-likeness (QED) is 0.107. The number of nitrogens with one attached hydrogen (secondary N) is 2. The largest absolute Gasteiger partial charge is 0.457 e. The van der Waals surface area contributed by atoms with Gasteiger partial charge in [-0.05, 0) is 48.5 Å². The number of amides is 3. The fourth-order valence-electron chi connectivity index (χ4n) is 3.46. The van der Waals surface area contributed by atoms with Gasteiger partial charge in [-0.3, -0.25) is 24.1 Å². The third kappa shape index (κ3) is 9.16. The van der Waals surface area contributed by atoms with Gasteiger partial charge in [-0.25, -0.2) is 23.9 Å². The molecular weight excluding hydrogens is 612 g/mol. The van der Waals surface area contributed by atoms with Crippen molar-refractivity contribution in [3.63, 3.8) is 0 Å². The van der Waals surface area contributed by atoms with Crippen LogP contribution in [0.25, 0.3) is 0 Å². The number of nitrogens with zero attached hydrogens (tertiary/aromatic N) is 6. The molecule has 3 N–H and O–H groups in total. The Morgan fingerprint density at radius 1 is 1.16 bits per heavy atom. The topological polar surface area (TPSA) is 234 Å². The van der Waals surface area contributed by atoms with Crippen LogP contribution in [0.15, 0.2) is 23.2 Å². The van der Waals surface area contributed by atoms with Crippen LogP contribution in [0.2, 0.25) is 0 Å². The van der Waals surface area contributed by atoms with Crippen LogP contribution in [0.3, 0.4) is 0 Å². The molecule has 0 radical (unpaired) electrons. The van der Waals surface area contributed by atoms with Crippen molar-refractivity contribution in [2.75, 3.05) is 5.32 Å². The van der Waals surface area contributed by atoms with Gasteiger partial charge in [0.05, 0.1) is 12.6 Å². The molecule has 18 nitrogen and oxygen atoms in total. The Kier molecular flexibility index (Phi) is 9.76. The summed E-state index contributed by atoms with van der Waals surface area (Å²) < 4.78 is 45.0. The van der Waals surface area contributed by atoms with Crippen molar-refractivity contribution in [1.82, 2.24) is 29.4 Å². The second kappa shape index (κ2) is 12.6. The number of thiazole rings is 1. The van der Waals surface area contributed by atoms with Gasteiger partial charge in [0.15, 0.2) is 10.8 Å². The lowest BCUT2D eigenvalue weighted by molar-refractivity contribution is -0.167. The average Bonchev–Trinajstić information content (AvgIpc) is 3.51. The number of esters is 1. The van der Waals surface area contributed by atoms with Crippen LogP contribution >= 0.6 is 11.3 Å². The minimum Gasteiger partial charge on any atom is -0.457 e. The maximum Gasteiger partial charge on any atom is 0.413 e. The lowest BCUT2D eigenvalue weighted by Gasteiger charge is -2.43. The van der Waals surface area contributed by atoms with Crippen LogP contribution in [0.4, 0.5) is 9.93 Å². The maximum absolute atomic E-state index is 13.4. The Hall–Kier alpha value is -4.17. The van der Waals surface area contributed by atoms with E-state index in [1.807, 2.05) is 0 Å². The second-order valence-corrected chi connectivity index (χ2v) is 13.3. The zero-order chi connectivity index (χ0) is 32.3. The highest BCUT2D eigenvalue weighted by molar-refractivity contribution is 7.84.